The summed E-state index contributed by atoms with van der Waals surface area (Å²) in [6.07, 6.45) is 2.78. The van der Waals surface area contributed by atoms with Crippen molar-refractivity contribution >= 4 is 0 Å². The molecule has 1 fully saturated rings. The maximum absolute atomic E-state index is 5.62. The maximum Gasteiger partial charge on any atom is 0.0518 e. The van der Waals surface area contributed by atoms with Gasteiger partial charge in [0.15, 0.2) is 0 Å². The van der Waals surface area contributed by atoms with Gasteiger partial charge in [-0.15, -0.1) is 0 Å². The van der Waals surface area contributed by atoms with E-state index in [0.29, 0.717) is 12.1 Å². The summed E-state index contributed by atoms with van der Waals surface area (Å²) in [5.74, 6) is 0.718. The van der Waals surface area contributed by atoms with Crippen LogP contribution in [0.3, 0.4) is 0 Å². The van der Waals surface area contributed by atoms with Crippen LogP contribution < -0.4 is 5.32 Å². The quantitative estimate of drug-likeness (QED) is 0.720. The van der Waals surface area contributed by atoms with Crippen molar-refractivity contribution in [3.8, 4) is 0 Å². The van der Waals surface area contributed by atoms with Crippen LogP contribution in [0, 0.1) is 5.92 Å². The van der Waals surface area contributed by atoms with Crippen LogP contribution in [-0.2, 0) is 4.74 Å². The van der Waals surface area contributed by atoms with E-state index in [0.717, 1.165) is 25.6 Å². The maximum atomic E-state index is 5.62. The van der Waals surface area contributed by atoms with Gasteiger partial charge in [-0.25, -0.2) is 0 Å². The van der Waals surface area contributed by atoms with E-state index in [-0.39, 0.29) is 5.54 Å². The first-order valence-electron chi connectivity index (χ1n) is 7.92. The van der Waals surface area contributed by atoms with Crippen LogP contribution in [0.25, 0.3) is 0 Å². The molecular weight excluding hydrogens is 236 g/mol. The summed E-state index contributed by atoms with van der Waals surface area (Å²) in [5, 5.41) is 3.67. The third-order valence-corrected chi connectivity index (χ3v) is 3.92. The highest BCUT2D eigenvalue weighted by Gasteiger charge is 2.33. The van der Waals surface area contributed by atoms with Crippen LogP contribution >= 0.6 is 0 Å². The molecule has 3 heteroatoms. The zero-order valence-electron chi connectivity index (χ0n) is 13.8. The zero-order valence-corrected chi connectivity index (χ0v) is 13.8. The van der Waals surface area contributed by atoms with Crippen LogP contribution in [-0.4, -0.2) is 48.8 Å². The van der Waals surface area contributed by atoms with E-state index in [4.69, 9.17) is 4.74 Å². The molecule has 0 bridgehead atoms. The molecule has 1 heterocycles. The summed E-state index contributed by atoms with van der Waals surface area (Å²) in [4.78, 5) is 2.68. The summed E-state index contributed by atoms with van der Waals surface area (Å²) in [6, 6.07) is 0.680. The number of piperazine rings is 1. The standard InChI is InChI=1S/C16H34N2O/c1-13(2)15-11-17-16(5,6)12-18(15)9-7-8-10-19-14(3)4/h13-15,17H,7-12H2,1-6H3. The van der Waals surface area contributed by atoms with Crippen molar-refractivity contribution in [2.75, 3.05) is 26.2 Å². The fourth-order valence-electron chi connectivity index (χ4n) is 2.83. The normalized spacial score (nSPS) is 24.3. The predicted octanol–water partition coefficient (Wildman–Crippen LogP) is 2.90. The minimum absolute atomic E-state index is 0.250. The first-order chi connectivity index (χ1) is 8.82. The number of ether oxygens (including phenoxy) is 1. The second kappa shape index (κ2) is 7.61. The lowest BCUT2D eigenvalue weighted by Crippen LogP contribution is -2.62. The van der Waals surface area contributed by atoms with Gasteiger partial charge in [0.1, 0.15) is 0 Å². The molecule has 1 aliphatic heterocycles. The average Bonchev–Trinajstić information content (AvgIpc) is 2.26. The van der Waals surface area contributed by atoms with E-state index < -0.39 is 0 Å². The fraction of sp³-hybridized carbons (Fsp3) is 1.00. The molecule has 1 atom stereocenters. The SMILES string of the molecule is CC(C)OCCCCN1CC(C)(C)NCC1C(C)C. The Hall–Kier alpha value is -0.120. The van der Waals surface area contributed by atoms with Crippen molar-refractivity contribution in [3.63, 3.8) is 0 Å². The van der Waals surface area contributed by atoms with Gasteiger partial charge >= 0.3 is 0 Å². The molecule has 0 amide bonds. The topological polar surface area (TPSA) is 24.5 Å². The Morgan fingerprint density at radius 2 is 1.89 bits per heavy atom. The van der Waals surface area contributed by atoms with Crippen molar-refractivity contribution in [1.29, 1.82) is 0 Å². The molecule has 0 aromatic heterocycles. The number of nitrogens with one attached hydrogen (secondary N) is 1. The molecule has 1 rings (SSSR count). The third kappa shape index (κ3) is 6.24. The van der Waals surface area contributed by atoms with Gasteiger partial charge in [-0.05, 0) is 53.0 Å². The minimum Gasteiger partial charge on any atom is -0.379 e. The van der Waals surface area contributed by atoms with Crippen LogP contribution in [0.2, 0.25) is 0 Å². The van der Waals surface area contributed by atoms with E-state index in [9.17, 15) is 0 Å². The number of nitrogens with zero attached hydrogens (tertiary/aromatic N) is 1. The lowest BCUT2D eigenvalue weighted by Gasteiger charge is -2.46. The lowest BCUT2D eigenvalue weighted by atomic mass is 9.93. The molecular formula is C16H34N2O. The number of hydrogen-bond acceptors (Lipinski definition) is 3. The second-order valence-electron chi connectivity index (χ2n) is 7.17. The van der Waals surface area contributed by atoms with Crippen LogP contribution in [0.15, 0.2) is 0 Å². The Kier molecular flexibility index (Phi) is 6.78. The molecule has 114 valence electrons. The monoisotopic (exact) mass is 270 g/mol. The molecule has 1 aliphatic rings. The van der Waals surface area contributed by atoms with Gasteiger partial charge < -0.3 is 10.1 Å². The van der Waals surface area contributed by atoms with E-state index >= 15 is 0 Å². The zero-order chi connectivity index (χ0) is 14.5. The van der Waals surface area contributed by atoms with Gasteiger partial charge in [-0.1, -0.05) is 13.8 Å². The summed E-state index contributed by atoms with van der Waals surface area (Å²) in [7, 11) is 0. The van der Waals surface area contributed by atoms with Gasteiger partial charge in [0, 0.05) is 31.3 Å². The fourth-order valence-corrected chi connectivity index (χ4v) is 2.83. The first kappa shape index (κ1) is 16.9. The second-order valence-corrected chi connectivity index (χ2v) is 7.17. The summed E-state index contributed by atoms with van der Waals surface area (Å²) < 4.78 is 5.62. The Labute approximate surface area is 120 Å². The van der Waals surface area contributed by atoms with Gasteiger partial charge in [-0.2, -0.15) is 0 Å². The predicted molar refractivity (Wildman–Crippen MR) is 82.6 cm³/mol. The van der Waals surface area contributed by atoms with Crippen molar-refractivity contribution < 1.29 is 4.74 Å². The van der Waals surface area contributed by atoms with Crippen LogP contribution in [0.5, 0.6) is 0 Å². The lowest BCUT2D eigenvalue weighted by molar-refractivity contribution is 0.0547. The van der Waals surface area contributed by atoms with Crippen LogP contribution in [0.1, 0.15) is 54.4 Å². The molecule has 1 saturated heterocycles. The highest BCUT2D eigenvalue weighted by atomic mass is 16.5. The van der Waals surface area contributed by atoms with Gasteiger partial charge in [0.25, 0.3) is 0 Å². The molecule has 3 nitrogen and oxygen atoms in total. The van der Waals surface area contributed by atoms with E-state index in [1.807, 2.05) is 0 Å². The minimum atomic E-state index is 0.250. The van der Waals surface area contributed by atoms with Gasteiger partial charge in [-0.3, -0.25) is 4.90 Å². The Morgan fingerprint density at radius 1 is 1.21 bits per heavy atom. The number of rotatable bonds is 7. The highest BCUT2D eigenvalue weighted by Crippen LogP contribution is 2.20. The smallest absolute Gasteiger partial charge is 0.0518 e. The van der Waals surface area contributed by atoms with Crippen LogP contribution in [0.4, 0.5) is 0 Å². The highest BCUT2D eigenvalue weighted by molar-refractivity contribution is 4.93. The molecule has 1 unspecified atom stereocenters. The van der Waals surface area contributed by atoms with Crippen molar-refractivity contribution in [2.45, 2.75) is 72.1 Å². The molecule has 0 saturated carbocycles. The third-order valence-electron chi connectivity index (χ3n) is 3.92. The molecule has 19 heavy (non-hydrogen) atoms. The largest absolute Gasteiger partial charge is 0.379 e. The molecule has 1 N–H and O–H groups in total. The van der Waals surface area contributed by atoms with E-state index in [1.165, 1.54) is 19.4 Å². The Bertz CT molecular complexity index is 251. The van der Waals surface area contributed by atoms with Crippen molar-refractivity contribution in [3.05, 3.63) is 0 Å². The van der Waals surface area contributed by atoms with Gasteiger partial charge in [0.2, 0.25) is 0 Å². The van der Waals surface area contributed by atoms with E-state index in [1.54, 1.807) is 0 Å². The molecule has 0 aliphatic carbocycles. The van der Waals surface area contributed by atoms with E-state index in [2.05, 4.69) is 51.8 Å². The number of unbranched alkanes of at least 4 members (excludes halogenated alkanes) is 1. The molecule has 0 aromatic rings. The number of hydrogen-bond donors (Lipinski definition) is 1. The van der Waals surface area contributed by atoms with Crippen molar-refractivity contribution in [1.82, 2.24) is 10.2 Å². The van der Waals surface area contributed by atoms with Gasteiger partial charge in [0.05, 0.1) is 6.10 Å². The molecule has 0 radical (unpaired) electrons. The van der Waals surface area contributed by atoms with Crippen molar-refractivity contribution in [2.24, 2.45) is 5.92 Å². The summed E-state index contributed by atoms with van der Waals surface area (Å²) in [6.45, 7) is 17.9. The average molecular weight is 270 g/mol. The molecule has 0 aromatic carbocycles. The Balaban J connectivity index is 2.34. The molecule has 0 spiro atoms. The Morgan fingerprint density at radius 3 is 2.47 bits per heavy atom. The summed E-state index contributed by atoms with van der Waals surface area (Å²) in [5.41, 5.74) is 0.250. The summed E-state index contributed by atoms with van der Waals surface area (Å²) >= 11 is 0. The first-order valence-corrected chi connectivity index (χ1v) is 7.92.